The number of hydrogen-bond donors (Lipinski definition) is 5. The van der Waals surface area contributed by atoms with Gasteiger partial charge in [-0.3, -0.25) is 29.0 Å². The zero-order valence-corrected chi connectivity index (χ0v) is 22.8. The highest BCUT2D eigenvalue weighted by molar-refractivity contribution is 5.97. The van der Waals surface area contributed by atoms with Crippen LogP contribution < -0.4 is 21.3 Å². The molecule has 214 valence electrons. The highest BCUT2D eigenvalue weighted by Crippen LogP contribution is 2.09. The minimum atomic E-state index is -1.33. The number of nitrogens with zero attached hydrogens (tertiary/aromatic N) is 2. The van der Waals surface area contributed by atoms with Crippen molar-refractivity contribution in [1.82, 2.24) is 31.2 Å². The molecule has 0 radical (unpaired) electrons. The Hall–Kier alpha value is -4.32. The zero-order chi connectivity index (χ0) is 29.2. The van der Waals surface area contributed by atoms with E-state index >= 15 is 0 Å². The summed E-state index contributed by atoms with van der Waals surface area (Å²) in [4.78, 5) is 71.1. The molecule has 0 bridgehead atoms. The van der Waals surface area contributed by atoms with E-state index in [9.17, 15) is 29.1 Å². The van der Waals surface area contributed by atoms with E-state index in [4.69, 9.17) is 0 Å². The molecule has 5 N–H and O–H groups in total. The summed E-state index contributed by atoms with van der Waals surface area (Å²) in [7, 11) is 0. The lowest BCUT2D eigenvalue weighted by Crippen LogP contribution is -2.60. The summed E-state index contributed by atoms with van der Waals surface area (Å²) < 4.78 is 0. The van der Waals surface area contributed by atoms with Crippen molar-refractivity contribution in [2.24, 2.45) is 5.92 Å². The molecule has 2 heterocycles. The summed E-state index contributed by atoms with van der Waals surface area (Å²) in [6, 6.07) is 10.3. The second-order valence-corrected chi connectivity index (χ2v) is 10.00. The van der Waals surface area contributed by atoms with Crippen molar-refractivity contribution in [2.75, 3.05) is 19.6 Å². The van der Waals surface area contributed by atoms with Crippen molar-refractivity contribution in [3.8, 4) is 0 Å². The fourth-order valence-electron chi connectivity index (χ4n) is 4.23. The first-order valence-electron chi connectivity index (χ1n) is 13.2. The Balaban J connectivity index is 1.93. The highest BCUT2D eigenvalue weighted by Gasteiger charge is 2.33. The third kappa shape index (κ3) is 8.34. The number of nitrogens with one attached hydrogen (secondary N) is 4. The molecular weight excluding hydrogens is 516 g/mol. The van der Waals surface area contributed by atoms with Gasteiger partial charge in [0.15, 0.2) is 0 Å². The van der Waals surface area contributed by atoms with Crippen molar-refractivity contribution in [3.63, 3.8) is 0 Å². The average Bonchev–Trinajstić information content (AvgIpc) is 2.93. The highest BCUT2D eigenvalue weighted by atomic mass is 16.3. The lowest BCUT2D eigenvalue weighted by atomic mass is 10.0. The van der Waals surface area contributed by atoms with Crippen LogP contribution in [0.2, 0.25) is 0 Å². The number of aliphatic hydroxyl groups is 1. The predicted octanol–water partition coefficient (Wildman–Crippen LogP) is -0.612. The van der Waals surface area contributed by atoms with Crippen LogP contribution in [-0.2, 0) is 25.6 Å². The van der Waals surface area contributed by atoms with Gasteiger partial charge < -0.3 is 31.3 Å². The molecule has 1 saturated heterocycles. The molecule has 40 heavy (non-hydrogen) atoms. The number of aliphatic hydroxyl groups excluding tert-OH is 1. The molecule has 1 aliphatic heterocycles. The first-order valence-corrected chi connectivity index (χ1v) is 13.2. The van der Waals surface area contributed by atoms with Crippen LogP contribution in [0.5, 0.6) is 0 Å². The van der Waals surface area contributed by atoms with Crippen molar-refractivity contribution >= 4 is 29.5 Å². The molecule has 0 saturated carbocycles. The van der Waals surface area contributed by atoms with E-state index in [2.05, 4.69) is 26.3 Å². The smallest absolute Gasteiger partial charge is 0.272 e. The maximum Gasteiger partial charge on any atom is 0.272 e. The third-order valence-corrected chi connectivity index (χ3v) is 6.43. The molecule has 2 aromatic rings. The number of hydrogen-bond acceptors (Lipinski definition) is 7. The van der Waals surface area contributed by atoms with Crippen LogP contribution >= 0.6 is 0 Å². The van der Waals surface area contributed by atoms with Gasteiger partial charge in [0, 0.05) is 25.7 Å². The van der Waals surface area contributed by atoms with Crippen LogP contribution in [0.4, 0.5) is 0 Å². The Labute approximate surface area is 232 Å². The monoisotopic (exact) mass is 552 g/mol. The largest absolute Gasteiger partial charge is 0.391 e. The normalized spacial score (nSPS) is 22.2. The quantitative estimate of drug-likeness (QED) is 0.329. The maximum absolute atomic E-state index is 13.4. The van der Waals surface area contributed by atoms with E-state index in [1.54, 1.807) is 50.2 Å². The minimum Gasteiger partial charge on any atom is -0.391 e. The number of rotatable bonds is 5. The van der Waals surface area contributed by atoms with Gasteiger partial charge in [-0.05, 0) is 30.5 Å². The van der Waals surface area contributed by atoms with Crippen LogP contribution in [0.25, 0.3) is 0 Å². The summed E-state index contributed by atoms with van der Waals surface area (Å²) >= 11 is 0. The zero-order valence-electron chi connectivity index (χ0n) is 22.8. The molecule has 12 heteroatoms. The molecule has 0 aliphatic carbocycles. The number of carbonyl (C=O) groups is 5. The summed E-state index contributed by atoms with van der Waals surface area (Å²) in [5.41, 5.74) is 0.864. The average molecular weight is 553 g/mol. The summed E-state index contributed by atoms with van der Waals surface area (Å²) in [6.07, 6.45) is 0.298. The standard InChI is InChI=1S/C28H36N6O6/c1-17(2)23-27(39)31-21(15-19-9-5-4-6-10-19)25(37)33-24(18(3)35)26(38)30-13-14-34(16-22(36)32-23)28(40)20-11-7-8-12-29-20/h4-12,17-18,21,23-24,35H,13-16H2,1-3H3,(H,30,38)(H,31,39)(H,32,36)(H,33,37)/t18-,21+,23-,24+/m1/s1. The van der Waals surface area contributed by atoms with Gasteiger partial charge in [-0.15, -0.1) is 0 Å². The summed E-state index contributed by atoms with van der Waals surface area (Å²) in [5, 5.41) is 20.8. The molecule has 0 unspecified atom stereocenters. The molecule has 1 aromatic carbocycles. The van der Waals surface area contributed by atoms with Gasteiger partial charge in [-0.25, -0.2) is 0 Å². The molecular formula is C28H36N6O6. The van der Waals surface area contributed by atoms with Crippen LogP contribution in [0.1, 0.15) is 36.8 Å². The van der Waals surface area contributed by atoms with Crippen molar-refractivity contribution < 1.29 is 29.1 Å². The van der Waals surface area contributed by atoms with Gasteiger partial charge in [0.2, 0.25) is 23.6 Å². The van der Waals surface area contributed by atoms with Crippen molar-refractivity contribution in [3.05, 3.63) is 66.0 Å². The number of carbonyl (C=O) groups excluding carboxylic acids is 5. The molecule has 1 aromatic heterocycles. The summed E-state index contributed by atoms with van der Waals surface area (Å²) in [6.45, 7) is 4.32. The molecule has 5 amide bonds. The van der Waals surface area contributed by atoms with Gasteiger partial charge in [0.05, 0.1) is 12.6 Å². The minimum absolute atomic E-state index is 0.0653. The number of pyridine rings is 1. The van der Waals surface area contributed by atoms with Crippen LogP contribution in [0.15, 0.2) is 54.7 Å². The van der Waals surface area contributed by atoms with Crippen LogP contribution in [0, 0.1) is 5.92 Å². The molecule has 12 nitrogen and oxygen atoms in total. The lowest BCUT2D eigenvalue weighted by molar-refractivity contribution is -0.135. The Bertz CT molecular complexity index is 1190. The molecule has 1 aliphatic rings. The number of benzene rings is 1. The van der Waals surface area contributed by atoms with Gasteiger partial charge in [0.1, 0.15) is 23.8 Å². The van der Waals surface area contributed by atoms with Crippen molar-refractivity contribution in [2.45, 2.75) is 51.4 Å². The fourth-order valence-corrected chi connectivity index (χ4v) is 4.23. The van der Waals surface area contributed by atoms with E-state index in [0.29, 0.717) is 0 Å². The van der Waals surface area contributed by atoms with Crippen LogP contribution in [-0.4, -0.2) is 88.4 Å². The molecule has 4 atom stereocenters. The molecule has 1 fully saturated rings. The van der Waals surface area contributed by atoms with Gasteiger partial charge in [-0.2, -0.15) is 0 Å². The van der Waals surface area contributed by atoms with Gasteiger partial charge in [0.25, 0.3) is 5.91 Å². The van der Waals surface area contributed by atoms with Gasteiger partial charge >= 0.3 is 0 Å². The first kappa shape index (κ1) is 30.2. The topological polar surface area (TPSA) is 170 Å². The predicted molar refractivity (Wildman–Crippen MR) is 146 cm³/mol. The first-order chi connectivity index (χ1) is 19.1. The van der Waals surface area contributed by atoms with E-state index in [1.807, 2.05) is 6.07 Å². The van der Waals surface area contributed by atoms with E-state index in [1.165, 1.54) is 24.1 Å². The Morgan fingerprint density at radius 1 is 0.925 bits per heavy atom. The van der Waals surface area contributed by atoms with E-state index in [-0.39, 0.29) is 31.1 Å². The van der Waals surface area contributed by atoms with Crippen LogP contribution in [0.3, 0.4) is 0 Å². The van der Waals surface area contributed by atoms with E-state index in [0.717, 1.165) is 5.56 Å². The second kappa shape index (κ2) is 14.2. The molecule has 0 spiro atoms. The molecule has 3 rings (SSSR count). The van der Waals surface area contributed by atoms with Crippen molar-refractivity contribution in [1.29, 1.82) is 0 Å². The Morgan fingerprint density at radius 2 is 1.62 bits per heavy atom. The maximum atomic E-state index is 13.4. The second-order valence-electron chi connectivity index (χ2n) is 10.00. The van der Waals surface area contributed by atoms with E-state index < -0.39 is 60.3 Å². The summed E-state index contributed by atoms with van der Waals surface area (Å²) in [5.74, 6) is -3.44. The Kier molecular flexibility index (Phi) is 10.7. The Morgan fingerprint density at radius 3 is 2.25 bits per heavy atom. The number of aromatic nitrogens is 1. The third-order valence-electron chi connectivity index (χ3n) is 6.43. The number of amides is 5. The van der Waals surface area contributed by atoms with Gasteiger partial charge in [-0.1, -0.05) is 50.2 Å². The fraction of sp³-hybridized carbons (Fsp3) is 0.429. The lowest BCUT2D eigenvalue weighted by Gasteiger charge is -2.27. The SMILES string of the molecule is CC(C)[C@H]1NC(=O)CN(C(=O)c2ccccn2)CCNC(=O)[C@H]([C@@H](C)O)NC(=O)[C@H](Cc2ccccc2)NC1=O.